The Labute approximate surface area is 170 Å². The van der Waals surface area contributed by atoms with Crippen LogP contribution in [0, 0.1) is 0 Å². The van der Waals surface area contributed by atoms with Crippen molar-refractivity contribution in [3.05, 3.63) is 71.4 Å². The number of para-hydroxylation sites is 1. The van der Waals surface area contributed by atoms with Crippen LogP contribution in [-0.2, 0) is 11.2 Å². The Morgan fingerprint density at radius 2 is 1.86 bits per heavy atom. The number of aromatic nitrogens is 1. The van der Waals surface area contributed by atoms with E-state index in [9.17, 15) is 9.59 Å². The molecule has 0 unspecified atom stereocenters. The smallest absolute Gasteiger partial charge is 0.267 e. The first-order valence-corrected chi connectivity index (χ1v) is 9.92. The Hall–Kier alpha value is -3.12. The van der Waals surface area contributed by atoms with Crippen molar-refractivity contribution < 1.29 is 9.59 Å². The molecule has 0 bridgehead atoms. The maximum Gasteiger partial charge on any atom is 0.267 e. The van der Waals surface area contributed by atoms with Gasteiger partial charge >= 0.3 is 0 Å². The molecule has 2 atom stereocenters. The molecule has 3 aromatic rings. The summed E-state index contributed by atoms with van der Waals surface area (Å²) in [7, 11) is 3.95. The zero-order valence-corrected chi connectivity index (χ0v) is 16.7. The lowest BCUT2D eigenvalue weighted by Gasteiger charge is -2.21. The van der Waals surface area contributed by atoms with Crippen LogP contribution in [0.15, 0.2) is 54.6 Å². The van der Waals surface area contributed by atoms with Crippen molar-refractivity contribution in [2.45, 2.75) is 18.4 Å². The first kappa shape index (κ1) is 19.2. The van der Waals surface area contributed by atoms with Crippen LogP contribution in [0.4, 0.5) is 0 Å². The van der Waals surface area contributed by atoms with Crippen molar-refractivity contribution in [2.24, 2.45) is 0 Å². The molecule has 1 aromatic heterocycles. The number of benzene rings is 2. The minimum atomic E-state index is -0.387. The van der Waals surface area contributed by atoms with Gasteiger partial charge in [0.25, 0.3) is 5.91 Å². The molecule has 0 radical (unpaired) electrons. The highest BCUT2D eigenvalue weighted by molar-refractivity contribution is 5.99. The molecule has 0 fully saturated rings. The number of likely N-dealkylation sites (N-methyl/N-ethyl adjacent to an activating group) is 1. The van der Waals surface area contributed by atoms with E-state index < -0.39 is 0 Å². The topological polar surface area (TPSA) is 77.2 Å². The van der Waals surface area contributed by atoms with E-state index in [1.54, 1.807) is 0 Å². The Bertz CT molecular complexity index is 1010. The van der Waals surface area contributed by atoms with E-state index >= 15 is 0 Å². The highest BCUT2D eigenvalue weighted by atomic mass is 16.2. The average molecular weight is 390 g/mol. The summed E-state index contributed by atoms with van der Waals surface area (Å²) in [5.74, 6) is -0.620. The number of fused-ring (bicyclic) bond motifs is 2. The largest absolute Gasteiger partial charge is 0.354 e. The predicted molar refractivity (Wildman–Crippen MR) is 114 cm³/mol. The minimum absolute atomic E-state index is 0.0428. The van der Waals surface area contributed by atoms with Crippen molar-refractivity contribution in [1.29, 1.82) is 0 Å². The maximum atomic E-state index is 13.0. The lowest BCUT2D eigenvalue weighted by molar-refractivity contribution is -0.122. The first-order valence-electron chi connectivity index (χ1n) is 9.92. The Kier molecular flexibility index (Phi) is 5.36. The number of nitrogens with zero attached hydrogens (tertiary/aromatic N) is 1. The van der Waals surface area contributed by atoms with E-state index in [2.05, 4.69) is 15.6 Å². The Balaban J connectivity index is 1.53. The molecule has 29 heavy (non-hydrogen) atoms. The second kappa shape index (κ2) is 8.09. The summed E-state index contributed by atoms with van der Waals surface area (Å²) in [5.41, 5.74) is 3.54. The quantitative estimate of drug-likeness (QED) is 0.604. The summed E-state index contributed by atoms with van der Waals surface area (Å²) in [6.07, 6.45) is 0.647. The standard InChI is InChI=1S/C23H26N4O2/c1-27(2)12-11-24-23(29)21-17-9-5-3-7-15(17)13-19(21)26-22(28)20-14-16-8-4-6-10-18(16)25-20/h3-10,14,19,21,25H,11-13H2,1-2H3,(H,24,29)(H,26,28)/t19-,21-/m1/s1. The molecule has 1 aliphatic rings. The van der Waals surface area contributed by atoms with Crippen LogP contribution < -0.4 is 10.6 Å². The van der Waals surface area contributed by atoms with Crippen LogP contribution in [0.3, 0.4) is 0 Å². The molecule has 3 N–H and O–H groups in total. The van der Waals surface area contributed by atoms with E-state index in [1.807, 2.05) is 73.6 Å². The fourth-order valence-electron chi connectivity index (χ4n) is 4.01. The van der Waals surface area contributed by atoms with E-state index in [1.165, 1.54) is 0 Å². The Morgan fingerprint density at radius 3 is 2.66 bits per heavy atom. The average Bonchev–Trinajstić information content (AvgIpc) is 3.28. The van der Waals surface area contributed by atoms with Gasteiger partial charge in [-0.1, -0.05) is 42.5 Å². The van der Waals surface area contributed by atoms with Gasteiger partial charge in [-0.05, 0) is 43.8 Å². The zero-order valence-electron chi connectivity index (χ0n) is 16.7. The second-order valence-electron chi connectivity index (χ2n) is 7.83. The molecule has 1 heterocycles. The number of nitrogens with one attached hydrogen (secondary N) is 3. The molecule has 150 valence electrons. The number of carbonyl (C=O) groups excluding carboxylic acids is 2. The number of amides is 2. The van der Waals surface area contributed by atoms with E-state index in [4.69, 9.17) is 0 Å². The number of hydrogen-bond donors (Lipinski definition) is 3. The zero-order chi connectivity index (χ0) is 20.4. The van der Waals surface area contributed by atoms with Crippen molar-refractivity contribution in [2.75, 3.05) is 27.2 Å². The summed E-state index contributed by atoms with van der Waals surface area (Å²) in [6.45, 7) is 1.35. The molecule has 0 spiro atoms. The van der Waals surface area contributed by atoms with E-state index in [0.29, 0.717) is 18.7 Å². The predicted octanol–water partition coefficient (Wildman–Crippen LogP) is 2.28. The summed E-state index contributed by atoms with van der Waals surface area (Å²) in [5, 5.41) is 7.10. The van der Waals surface area contributed by atoms with Gasteiger partial charge in [0.2, 0.25) is 5.91 Å². The molecule has 6 heteroatoms. The van der Waals surface area contributed by atoms with Crippen molar-refractivity contribution >= 4 is 22.7 Å². The number of aromatic amines is 1. The molecular weight excluding hydrogens is 364 g/mol. The van der Waals surface area contributed by atoms with Gasteiger partial charge < -0.3 is 20.5 Å². The van der Waals surface area contributed by atoms with E-state index in [-0.39, 0.29) is 23.8 Å². The van der Waals surface area contributed by atoms with Gasteiger partial charge in [0.1, 0.15) is 5.69 Å². The van der Waals surface area contributed by atoms with Crippen LogP contribution >= 0.6 is 0 Å². The van der Waals surface area contributed by atoms with Crippen molar-refractivity contribution in [3.63, 3.8) is 0 Å². The van der Waals surface area contributed by atoms with Gasteiger partial charge in [0, 0.05) is 30.0 Å². The third-order valence-corrected chi connectivity index (χ3v) is 5.46. The molecule has 4 rings (SSSR count). The normalized spacial score (nSPS) is 18.0. The van der Waals surface area contributed by atoms with Crippen molar-refractivity contribution in [3.8, 4) is 0 Å². The number of H-pyrrole nitrogens is 1. The molecular formula is C23H26N4O2. The summed E-state index contributed by atoms with van der Waals surface area (Å²) < 4.78 is 0. The number of rotatable bonds is 6. The van der Waals surface area contributed by atoms with E-state index in [0.717, 1.165) is 28.6 Å². The number of hydrogen-bond acceptors (Lipinski definition) is 3. The lowest BCUT2D eigenvalue weighted by atomic mass is 9.97. The van der Waals surface area contributed by atoms with Crippen LogP contribution in [0.2, 0.25) is 0 Å². The van der Waals surface area contributed by atoms with Crippen molar-refractivity contribution in [1.82, 2.24) is 20.5 Å². The first-order chi connectivity index (χ1) is 14.0. The highest BCUT2D eigenvalue weighted by Crippen LogP contribution is 2.33. The molecule has 1 aliphatic carbocycles. The van der Waals surface area contributed by atoms with Gasteiger partial charge in [-0.25, -0.2) is 0 Å². The van der Waals surface area contributed by atoms with Gasteiger partial charge in [-0.15, -0.1) is 0 Å². The summed E-state index contributed by atoms with van der Waals surface area (Å²) >= 11 is 0. The minimum Gasteiger partial charge on any atom is -0.354 e. The monoisotopic (exact) mass is 390 g/mol. The van der Waals surface area contributed by atoms with Gasteiger partial charge in [-0.3, -0.25) is 9.59 Å². The molecule has 6 nitrogen and oxygen atoms in total. The van der Waals surface area contributed by atoms with Crippen LogP contribution in [0.5, 0.6) is 0 Å². The molecule has 0 aliphatic heterocycles. The van der Waals surface area contributed by atoms with Gasteiger partial charge in [0.05, 0.1) is 5.92 Å². The molecule has 2 aromatic carbocycles. The van der Waals surface area contributed by atoms with Gasteiger partial charge in [-0.2, -0.15) is 0 Å². The van der Waals surface area contributed by atoms with Crippen LogP contribution in [0.25, 0.3) is 10.9 Å². The fourth-order valence-corrected chi connectivity index (χ4v) is 4.01. The number of carbonyl (C=O) groups is 2. The molecule has 0 saturated heterocycles. The summed E-state index contributed by atoms with van der Waals surface area (Å²) in [6, 6.07) is 17.3. The highest BCUT2D eigenvalue weighted by Gasteiger charge is 2.38. The second-order valence-corrected chi connectivity index (χ2v) is 7.83. The molecule has 2 amide bonds. The maximum absolute atomic E-state index is 13.0. The van der Waals surface area contributed by atoms with Gasteiger partial charge in [0.15, 0.2) is 0 Å². The third-order valence-electron chi connectivity index (χ3n) is 5.46. The van der Waals surface area contributed by atoms with Crippen LogP contribution in [-0.4, -0.2) is 54.9 Å². The lowest BCUT2D eigenvalue weighted by Crippen LogP contribution is -2.44. The molecule has 0 saturated carbocycles. The Morgan fingerprint density at radius 1 is 1.10 bits per heavy atom. The summed E-state index contributed by atoms with van der Waals surface area (Å²) in [4.78, 5) is 31.1. The SMILES string of the molecule is CN(C)CCNC(=O)[C@@H]1c2ccccc2C[C@H]1NC(=O)c1cc2ccccc2[nH]1. The van der Waals surface area contributed by atoms with Crippen LogP contribution in [0.1, 0.15) is 27.5 Å². The fraction of sp³-hybridized carbons (Fsp3) is 0.304. The third kappa shape index (κ3) is 4.03.